The maximum Gasteiger partial charge on any atom is 0.311 e. The van der Waals surface area contributed by atoms with Crippen molar-refractivity contribution in [3.8, 4) is 5.75 Å². The number of halogens is 5. The van der Waals surface area contributed by atoms with Crippen LogP contribution in [0.15, 0.2) is 0 Å². The second-order valence-corrected chi connectivity index (χ2v) is 11.7. The van der Waals surface area contributed by atoms with E-state index in [2.05, 4.69) is 4.74 Å². The first-order chi connectivity index (χ1) is 22.9. The molecule has 48 heavy (non-hydrogen) atoms. The minimum atomic E-state index is -2.29. The maximum absolute atomic E-state index is 13.5. The first kappa shape index (κ1) is 49.5. The van der Waals surface area contributed by atoms with Crippen LogP contribution in [0.5, 0.6) is 5.75 Å². The standard InChI is InChI=1S/C28H41F5O4.C5H8O2.C2H6.CH4O/c1-28(2,3)37-21(35)19-17-15-13-11-9-7-5-4-6-8-10-12-14-16-18-20(34)36-27-25(32)23(30)22(29)24(31)26(27)33;6-4-2-1-3-5-7;2*1-2/h4-19H2,1-3H3;4-5H,1-3H2;1-2H3;2H,1H3. The molecule has 1 rings (SSSR count). The van der Waals surface area contributed by atoms with Crippen molar-refractivity contribution in [2.75, 3.05) is 7.11 Å². The Labute approximate surface area is 284 Å². The summed E-state index contributed by atoms with van der Waals surface area (Å²) in [4.78, 5) is 42.5. The molecule has 12 heteroatoms. The summed E-state index contributed by atoms with van der Waals surface area (Å²) < 4.78 is 76.1. The molecule has 0 unspecified atom stereocenters. The lowest BCUT2D eigenvalue weighted by Gasteiger charge is -2.19. The van der Waals surface area contributed by atoms with E-state index in [0.717, 1.165) is 64.6 Å². The summed E-state index contributed by atoms with van der Waals surface area (Å²) >= 11 is 0. The molecular formula is C36H59F5O7. The topological polar surface area (TPSA) is 107 Å². The van der Waals surface area contributed by atoms with E-state index in [4.69, 9.17) is 9.84 Å². The summed E-state index contributed by atoms with van der Waals surface area (Å²) in [5.41, 5.74) is -0.418. The van der Waals surface area contributed by atoms with E-state index in [1.165, 1.54) is 32.1 Å². The van der Waals surface area contributed by atoms with Crippen molar-refractivity contribution in [2.24, 2.45) is 0 Å². The van der Waals surface area contributed by atoms with Crippen LogP contribution in [0.4, 0.5) is 22.0 Å². The van der Waals surface area contributed by atoms with Gasteiger partial charge in [0.25, 0.3) is 0 Å². The Balaban J connectivity index is -0.00000160. The fourth-order valence-corrected chi connectivity index (χ4v) is 4.18. The van der Waals surface area contributed by atoms with Crippen molar-refractivity contribution in [1.82, 2.24) is 0 Å². The van der Waals surface area contributed by atoms with Crippen LogP contribution in [0.25, 0.3) is 0 Å². The largest absolute Gasteiger partial charge is 0.460 e. The highest BCUT2D eigenvalue weighted by Gasteiger charge is 2.28. The van der Waals surface area contributed by atoms with Crippen LogP contribution in [0.3, 0.4) is 0 Å². The molecular weight excluding hydrogens is 639 g/mol. The zero-order valence-electron chi connectivity index (χ0n) is 29.9. The van der Waals surface area contributed by atoms with Gasteiger partial charge in [-0.15, -0.1) is 0 Å². The van der Waals surface area contributed by atoms with Gasteiger partial charge < -0.3 is 24.2 Å². The van der Waals surface area contributed by atoms with Crippen LogP contribution in [0.2, 0.25) is 0 Å². The molecule has 0 atom stereocenters. The molecule has 1 aromatic carbocycles. The summed E-state index contributed by atoms with van der Waals surface area (Å²) in [6.45, 7) is 9.62. The quantitative estimate of drug-likeness (QED) is 0.0244. The summed E-state index contributed by atoms with van der Waals surface area (Å²) in [7, 11) is 1.00. The molecule has 0 aliphatic carbocycles. The molecule has 1 aromatic rings. The molecule has 1 N–H and O–H groups in total. The third-order valence-electron chi connectivity index (χ3n) is 6.46. The molecule has 280 valence electrons. The average Bonchev–Trinajstić information content (AvgIpc) is 3.06. The minimum absolute atomic E-state index is 0.124. The SMILES string of the molecule is CC.CC(C)(C)OC(=O)CCCCCCCCCCCCCCCCC(=O)Oc1c(F)c(F)c(F)c(F)c1F.CO.O=CCCCC=O. The van der Waals surface area contributed by atoms with Gasteiger partial charge in [-0.1, -0.05) is 90.9 Å². The molecule has 0 saturated carbocycles. The Bertz CT molecular complexity index is 961. The van der Waals surface area contributed by atoms with Gasteiger partial charge in [-0.05, 0) is 40.0 Å². The number of unbranched alkanes of at least 4 members (excludes halogenated alkanes) is 15. The van der Waals surface area contributed by atoms with E-state index in [0.29, 0.717) is 38.5 Å². The van der Waals surface area contributed by atoms with Crippen molar-refractivity contribution < 1.29 is 55.7 Å². The van der Waals surface area contributed by atoms with Crippen LogP contribution < -0.4 is 4.74 Å². The van der Waals surface area contributed by atoms with Crippen molar-refractivity contribution in [3.63, 3.8) is 0 Å². The van der Waals surface area contributed by atoms with Gasteiger partial charge in [0.05, 0.1) is 0 Å². The smallest absolute Gasteiger partial charge is 0.311 e. The second kappa shape index (κ2) is 32.6. The van der Waals surface area contributed by atoms with E-state index in [1.807, 2.05) is 34.6 Å². The predicted octanol–water partition coefficient (Wildman–Crippen LogP) is 10.1. The number of carbonyl (C=O) groups is 4. The Kier molecular flexibility index (Phi) is 33.7. The van der Waals surface area contributed by atoms with Gasteiger partial charge in [0, 0.05) is 32.8 Å². The first-order valence-corrected chi connectivity index (χ1v) is 17.1. The Hall–Kier alpha value is -2.89. The van der Waals surface area contributed by atoms with Crippen molar-refractivity contribution >= 4 is 24.5 Å². The lowest BCUT2D eigenvalue weighted by molar-refractivity contribution is -0.155. The van der Waals surface area contributed by atoms with E-state index in [9.17, 15) is 41.1 Å². The van der Waals surface area contributed by atoms with Gasteiger partial charge >= 0.3 is 11.9 Å². The Morgan fingerprint density at radius 1 is 0.542 bits per heavy atom. The number of aldehydes is 2. The number of hydrogen-bond acceptors (Lipinski definition) is 7. The molecule has 0 saturated heterocycles. The third kappa shape index (κ3) is 27.1. The Morgan fingerprint density at radius 3 is 1.15 bits per heavy atom. The number of esters is 2. The van der Waals surface area contributed by atoms with E-state index in [1.54, 1.807) is 0 Å². The van der Waals surface area contributed by atoms with Crippen LogP contribution in [0.1, 0.15) is 157 Å². The monoisotopic (exact) mass is 698 g/mol. The number of aliphatic hydroxyl groups excluding tert-OH is 1. The van der Waals surface area contributed by atoms with Crippen molar-refractivity contribution in [1.29, 1.82) is 0 Å². The fraction of sp³-hybridized carbons (Fsp3) is 0.722. The number of ether oxygens (including phenoxy) is 2. The summed E-state index contributed by atoms with van der Waals surface area (Å²) in [5, 5.41) is 7.00. The fourth-order valence-electron chi connectivity index (χ4n) is 4.18. The van der Waals surface area contributed by atoms with Crippen LogP contribution in [-0.2, 0) is 23.9 Å². The van der Waals surface area contributed by atoms with E-state index in [-0.39, 0.29) is 12.4 Å². The molecule has 7 nitrogen and oxygen atoms in total. The van der Waals surface area contributed by atoms with Gasteiger partial charge in [0.1, 0.15) is 18.2 Å². The summed E-state index contributed by atoms with van der Waals surface area (Å²) in [6.07, 6.45) is 17.9. The number of rotatable bonds is 22. The maximum atomic E-state index is 13.5. The lowest BCUT2D eigenvalue weighted by atomic mass is 10.0. The highest BCUT2D eigenvalue weighted by Crippen LogP contribution is 2.29. The minimum Gasteiger partial charge on any atom is -0.460 e. The average molecular weight is 699 g/mol. The van der Waals surface area contributed by atoms with Gasteiger partial charge in [-0.3, -0.25) is 9.59 Å². The van der Waals surface area contributed by atoms with Crippen LogP contribution >= 0.6 is 0 Å². The van der Waals surface area contributed by atoms with Gasteiger partial charge in [-0.2, -0.15) is 8.78 Å². The van der Waals surface area contributed by atoms with E-state index < -0.39 is 46.4 Å². The van der Waals surface area contributed by atoms with E-state index >= 15 is 0 Å². The van der Waals surface area contributed by atoms with Gasteiger partial charge in [0.2, 0.25) is 34.8 Å². The van der Waals surface area contributed by atoms with Crippen molar-refractivity contribution in [3.05, 3.63) is 29.1 Å². The van der Waals surface area contributed by atoms with Crippen LogP contribution in [-0.4, -0.2) is 42.3 Å². The number of aliphatic hydroxyl groups is 1. The lowest BCUT2D eigenvalue weighted by Crippen LogP contribution is -2.23. The molecule has 0 aliphatic heterocycles. The van der Waals surface area contributed by atoms with Crippen molar-refractivity contribution in [2.45, 2.75) is 162 Å². The number of hydrogen-bond donors (Lipinski definition) is 1. The zero-order chi connectivity index (χ0) is 37.4. The third-order valence-corrected chi connectivity index (χ3v) is 6.46. The highest BCUT2D eigenvalue weighted by atomic mass is 19.2. The van der Waals surface area contributed by atoms with Gasteiger partial charge in [-0.25, -0.2) is 13.2 Å². The molecule has 0 amide bonds. The second-order valence-electron chi connectivity index (χ2n) is 11.7. The zero-order valence-corrected chi connectivity index (χ0v) is 29.9. The normalized spacial score (nSPS) is 10.3. The first-order valence-electron chi connectivity index (χ1n) is 17.1. The molecule has 0 bridgehead atoms. The molecule has 0 fully saturated rings. The summed E-state index contributed by atoms with van der Waals surface area (Å²) in [6, 6.07) is 0. The number of benzene rings is 1. The molecule has 0 heterocycles. The highest BCUT2D eigenvalue weighted by molar-refractivity contribution is 5.72. The number of carbonyl (C=O) groups excluding carboxylic acids is 4. The van der Waals surface area contributed by atoms with Crippen LogP contribution in [0, 0.1) is 29.1 Å². The summed E-state index contributed by atoms with van der Waals surface area (Å²) in [5.74, 6) is -13.6. The molecule has 0 aliphatic rings. The molecule has 0 aromatic heterocycles. The predicted molar refractivity (Wildman–Crippen MR) is 177 cm³/mol. The molecule has 0 radical (unpaired) electrons. The van der Waals surface area contributed by atoms with Gasteiger partial charge in [0.15, 0.2) is 0 Å². The molecule has 0 spiro atoms. The Morgan fingerprint density at radius 2 is 0.833 bits per heavy atom.